The molecule has 0 radical (unpaired) electrons. The van der Waals surface area contributed by atoms with Gasteiger partial charge in [0, 0.05) is 6.42 Å². The molecule has 0 amide bonds. The lowest BCUT2D eigenvalue weighted by atomic mass is 9.94. The molecular weight excluding hydrogens is 340 g/mol. The Hall–Kier alpha value is -1.27. The fourth-order valence-corrected chi connectivity index (χ4v) is 2.78. The first kappa shape index (κ1) is 16.1. The summed E-state index contributed by atoms with van der Waals surface area (Å²) < 4.78 is 16.6. The summed E-state index contributed by atoms with van der Waals surface area (Å²) in [7, 11) is 1.34. The second-order valence-electron chi connectivity index (χ2n) is 5.08. The number of aliphatic hydroxyl groups is 1. The quantitative estimate of drug-likeness (QED) is 0.838. The fourth-order valence-electron chi connectivity index (χ4n) is 2.21. The minimum absolute atomic E-state index is 0.156. The van der Waals surface area contributed by atoms with E-state index in [-0.39, 0.29) is 18.3 Å². The summed E-state index contributed by atoms with van der Waals surface area (Å²) in [6, 6.07) is 3.57. The van der Waals surface area contributed by atoms with Crippen LogP contribution in [0.4, 0.5) is 0 Å². The molecule has 2 atom stereocenters. The SMILES string of the molecule is COC(=O)CC(C)C(O)c1cc(Br)c2c(c1)OCCCO2. The van der Waals surface area contributed by atoms with Crippen molar-refractivity contribution in [2.45, 2.75) is 25.9 Å². The van der Waals surface area contributed by atoms with Gasteiger partial charge in [-0.1, -0.05) is 6.92 Å². The number of esters is 1. The summed E-state index contributed by atoms with van der Waals surface area (Å²) in [6.45, 7) is 2.99. The molecule has 0 aromatic heterocycles. The Labute approximate surface area is 132 Å². The van der Waals surface area contributed by atoms with Gasteiger partial charge in [-0.2, -0.15) is 0 Å². The average molecular weight is 359 g/mol. The van der Waals surface area contributed by atoms with Crippen molar-refractivity contribution in [3.05, 3.63) is 22.2 Å². The summed E-state index contributed by atoms with van der Waals surface area (Å²) in [5.74, 6) is 0.675. The second-order valence-corrected chi connectivity index (χ2v) is 5.94. The molecule has 6 heteroatoms. The Bertz CT molecular complexity index is 517. The predicted molar refractivity (Wildman–Crippen MR) is 80.5 cm³/mol. The van der Waals surface area contributed by atoms with Gasteiger partial charge in [-0.25, -0.2) is 0 Å². The van der Waals surface area contributed by atoms with Gasteiger partial charge in [-0.15, -0.1) is 0 Å². The number of rotatable bonds is 4. The van der Waals surface area contributed by atoms with E-state index >= 15 is 0 Å². The number of hydrogen-bond donors (Lipinski definition) is 1. The normalized spacial score (nSPS) is 16.8. The number of ether oxygens (including phenoxy) is 3. The summed E-state index contributed by atoms with van der Waals surface area (Å²) in [5, 5.41) is 10.4. The molecule has 1 aliphatic heterocycles. The second kappa shape index (κ2) is 7.13. The molecule has 2 rings (SSSR count). The molecule has 0 fully saturated rings. The van der Waals surface area contributed by atoms with Gasteiger partial charge in [-0.05, 0) is 39.5 Å². The summed E-state index contributed by atoms with van der Waals surface area (Å²) >= 11 is 3.44. The van der Waals surface area contributed by atoms with Crippen LogP contribution in [0.25, 0.3) is 0 Å². The predicted octanol–water partition coefficient (Wildman–Crippen LogP) is 2.84. The van der Waals surface area contributed by atoms with Gasteiger partial charge in [0.15, 0.2) is 11.5 Å². The Kier molecular flexibility index (Phi) is 5.47. The number of benzene rings is 1. The summed E-state index contributed by atoms with van der Waals surface area (Å²) in [4.78, 5) is 11.3. The van der Waals surface area contributed by atoms with E-state index in [1.165, 1.54) is 7.11 Å². The minimum atomic E-state index is -0.780. The fraction of sp³-hybridized carbons (Fsp3) is 0.533. The van der Waals surface area contributed by atoms with Gasteiger partial charge in [0.1, 0.15) is 0 Å². The molecule has 5 nitrogen and oxygen atoms in total. The van der Waals surface area contributed by atoms with Crippen molar-refractivity contribution in [2.75, 3.05) is 20.3 Å². The number of methoxy groups -OCH3 is 1. The van der Waals surface area contributed by atoms with Crippen LogP contribution in [0, 0.1) is 5.92 Å². The first-order valence-corrected chi connectivity index (χ1v) is 7.66. The van der Waals surface area contributed by atoms with Crippen LogP contribution in [-0.2, 0) is 9.53 Å². The van der Waals surface area contributed by atoms with Crippen LogP contribution >= 0.6 is 15.9 Å². The van der Waals surface area contributed by atoms with Crippen LogP contribution in [-0.4, -0.2) is 31.4 Å². The van der Waals surface area contributed by atoms with E-state index in [0.717, 1.165) is 10.9 Å². The topological polar surface area (TPSA) is 65.0 Å². The van der Waals surface area contributed by atoms with Gasteiger partial charge < -0.3 is 19.3 Å². The monoisotopic (exact) mass is 358 g/mol. The molecule has 1 aromatic rings. The number of aliphatic hydroxyl groups excluding tert-OH is 1. The van der Waals surface area contributed by atoms with Crippen molar-refractivity contribution in [3.63, 3.8) is 0 Å². The van der Waals surface area contributed by atoms with Crippen molar-refractivity contribution in [2.24, 2.45) is 5.92 Å². The molecule has 1 N–H and O–H groups in total. The molecular formula is C15H19BrO5. The minimum Gasteiger partial charge on any atom is -0.490 e. The van der Waals surface area contributed by atoms with E-state index in [0.29, 0.717) is 30.3 Å². The molecule has 0 spiro atoms. The van der Waals surface area contributed by atoms with Crippen LogP contribution in [0.1, 0.15) is 31.4 Å². The van der Waals surface area contributed by atoms with Crippen molar-refractivity contribution in [3.8, 4) is 11.5 Å². The third-order valence-electron chi connectivity index (χ3n) is 3.42. The number of carbonyl (C=O) groups is 1. The van der Waals surface area contributed by atoms with Crippen molar-refractivity contribution in [1.29, 1.82) is 0 Å². The third-order valence-corrected chi connectivity index (χ3v) is 4.01. The van der Waals surface area contributed by atoms with Crippen molar-refractivity contribution in [1.82, 2.24) is 0 Å². The third kappa shape index (κ3) is 3.89. The molecule has 0 aliphatic carbocycles. The standard InChI is InChI=1S/C15H19BrO5/c1-9(6-13(17)19-2)14(18)10-7-11(16)15-12(8-10)20-4-3-5-21-15/h7-9,14,18H,3-6H2,1-2H3. The zero-order valence-electron chi connectivity index (χ0n) is 12.1. The van der Waals surface area contributed by atoms with Crippen molar-refractivity contribution >= 4 is 21.9 Å². The maximum absolute atomic E-state index is 11.3. The van der Waals surface area contributed by atoms with Crippen LogP contribution in [0.2, 0.25) is 0 Å². The number of hydrogen-bond acceptors (Lipinski definition) is 5. The maximum Gasteiger partial charge on any atom is 0.305 e. The van der Waals surface area contributed by atoms with E-state index < -0.39 is 6.10 Å². The smallest absolute Gasteiger partial charge is 0.305 e. The lowest BCUT2D eigenvalue weighted by molar-refractivity contribution is -0.142. The van der Waals surface area contributed by atoms with Gasteiger partial charge in [0.05, 0.1) is 37.3 Å². The van der Waals surface area contributed by atoms with E-state index in [4.69, 9.17) is 9.47 Å². The molecule has 2 unspecified atom stereocenters. The van der Waals surface area contributed by atoms with Crippen LogP contribution in [0.5, 0.6) is 11.5 Å². The highest BCUT2D eigenvalue weighted by Crippen LogP contribution is 2.40. The maximum atomic E-state index is 11.3. The average Bonchev–Trinajstić information content (AvgIpc) is 2.71. The van der Waals surface area contributed by atoms with Crippen LogP contribution in [0.3, 0.4) is 0 Å². The molecule has 1 heterocycles. The van der Waals surface area contributed by atoms with Gasteiger partial charge in [-0.3, -0.25) is 4.79 Å². The van der Waals surface area contributed by atoms with E-state index in [9.17, 15) is 9.90 Å². The summed E-state index contributed by atoms with van der Waals surface area (Å²) in [6.07, 6.45) is 0.194. The number of halogens is 1. The number of carbonyl (C=O) groups excluding carboxylic acids is 1. The van der Waals surface area contributed by atoms with Crippen LogP contribution in [0.15, 0.2) is 16.6 Å². The Morgan fingerprint density at radius 1 is 1.43 bits per heavy atom. The highest BCUT2D eigenvalue weighted by atomic mass is 79.9. The van der Waals surface area contributed by atoms with Gasteiger partial charge in [0.2, 0.25) is 0 Å². The highest BCUT2D eigenvalue weighted by Gasteiger charge is 2.23. The molecule has 21 heavy (non-hydrogen) atoms. The molecule has 0 bridgehead atoms. The van der Waals surface area contributed by atoms with E-state index in [2.05, 4.69) is 20.7 Å². The molecule has 0 saturated heterocycles. The van der Waals surface area contributed by atoms with Crippen molar-refractivity contribution < 1.29 is 24.1 Å². The first-order chi connectivity index (χ1) is 10.0. The van der Waals surface area contributed by atoms with E-state index in [1.807, 2.05) is 0 Å². The van der Waals surface area contributed by atoms with Gasteiger partial charge >= 0.3 is 5.97 Å². The largest absolute Gasteiger partial charge is 0.490 e. The summed E-state index contributed by atoms with van der Waals surface area (Å²) in [5.41, 5.74) is 0.683. The molecule has 116 valence electrons. The molecule has 1 aliphatic rings. The lowest BCUT2D eigenvalue weighted by Crippen LogP contribution is -2.15. The Balaban J connectivity index is 2.21. The lowest BCUT2D eigenvalue weighted by Gasteiger charge is -2.20. The van der Waals surface area contributed by atoms with E-state index in [1.54, 1.807) is 19.1 Å². The van der Waals surface area contributed by atoms with Gasteiger partial charge in [0.25, 0.3) is 0 Å². The van der Waals surface area contributed by atoms with Crippen LogP contribution < -0.4 is 9.47 Å². The Morgan fingerprint density at radius 3 is 2.86 bits per heavy atom. The molecule has 0 saturated carbocycles. The first-order valence-electron chi connectivity index (χ1n) is 6.87. The highest BCUT2D eigenvalue weighted by molar-refractivity contribution is 9.10. The zero-order chi connectivity index (χ0) is 15.4. The zero-order valence-corrected chi connectivity index (χ0v) is 13.7. The number of fused-ring (bicyclic) bond motifs is 1. The molecule has 1 aromatic carbocycles. The Morgan fingerprint density at radius 2 is 2.14 bits per heavy atom.